The normalized spacial score (nSPS) is 9.47. The quantitative estimate of drug-likeness (QED) is 0.629. The number of rotatable bonds is 7. The maximum atomic E-state index is 11.2. The molecule has 7 heteroatoms. The van der Waals surface area contributed by atoms with Gasteiger partial charge in [-0.2, -0.15) is 0 Å². The summed E-state index contributed by atoms with van der Waals surface area (Å²) < 4.78 is 9.75. The molecule has 0 aliphatic heterocycles. The highest BCUT2D eigenvalue weighted by Crippen LogP contribution is 2.07. The molecule has 0 unspecified atom stereocenters. The van der Waals surface area contributed by atoms with Crippen molar-refractivity contribution in [3.05, 3.63) is 30.3 Å². The van der Waals surface area contributed by atoms with Gasteiger partial charge in [0.25, 0.3) is 5.91 Å². The van der Waals surface area contributed by atoms with E-state index in [0.29, 0.717) is 5.75 Å². The van der Waals surface area contributed by atoms with Gasteiger partial charge in [-0.3, -0.25) is 9.59 Å². The van der Waals surface area contributed by atoms with Crippen LogP contribution in [0.25, 0.3) is 0 Å². The summed E-state index contributed by atoms with van der Waals surface area (Å²) in [4.78, 5) is 32.7. The van der Waals surface area contributed by atoms with Crippen molar-refractivity contribution >= 4 is 17.8 Å². The molecule has 0 heterocycles. The van der Waals surface area contributed by atoms with Gasteiger partial charge in [0.2, 0.25) is 5.91 Å². The average molecular weight is 266 g/mol. The van der Waals surface area contributed by atoms with Gasteiger partial charge < -0.3 is 20.5 Å². The Balaban J connectivity index is 2.17. The van der Waals surface area contributed by atoms with E-state index < -0.39 is 24.4 Å². The molecule has 0 aromatic heterocycles. The van der Waals surface area contributed by atoms with E-state index in [1.807, 2.05) is 6.07 Å². The van der Waals surface area contributed by atoms with E-state index >= 15 is 0 Å². The van der Waals surface area contributed by atoms with Gasteiger partial charge in [0, 0.05) is 0 Å². The van der Waals surface area contributed by atoms with Crippen LogP contribution in [0.4, 0.5) is 0 Å². The van der Waals surface area contributed by atoms with Gasteiger partial charge in [-0.1, -0.05) is 18.2 Å². The predicted octanol–water partition coefficient (Wildman–Crippen LogP) is -0.790. The van der Waals surface area contributed by atoms with Crippen LogP contribution in [0.3, 0.4) is 0 Å². The second-order valence-electron chi connectivity index (χ2n) is 3.51. The predicted molar refractivity (Wildman–Crippen MR) is 65.1 cm³/mol. The maximum Gasteiger partial charge on any atom is 0.344 e. The van der Waals surface area contributed by atoms with E-state index in [1.165, 1.54) is 0 Å². The van der Waals surface area contributed by atoms with Crippen molar-refractivity contribution in [1.82, 2.24) is 5.32 Å². The molecule has 1 aromatic carbocycles. The number of benzene rings is 1. The van der Waals surface area contributed by atoms with Crippen molar-refractivity contribution < 1.29 is 23.9 Å². The highest BCUT2D eigenvalue weighted by atomic mass is 16.6. The SMILES string of the molecule is NC(=O)CNC(=O)COC(=O)COc1ccccc1. The Hall–Kier alpha value is -2.57. The van der Waals surface area contributed by atoms with E-state index in [9.17, 15) is 14.4 Å². The molecule has 1 aromatic rings. The van der Waals surface area contributed by atoms with E-state index in [0.717, 1.165) is 0 Å². The van der Waals surface area contributed by atoms with Crippen LogP contribution in [0.15, 0.2) is 30.3 Å². The van der Waals surface area contributed by atoms with Crippen LogP contribution in [-0.2, 0) is 19.1 Å². The minimum Gasteiger partial charge on any atom is -0.482 e. The number of nitrogens with one attached hydrogen (secondary N) is 1. The molecule has 0 radical (unpaired) electrons. The zero-order valence-electron chi connectivity index (χ0n) is 10.1. The Bertz CT molecular complexity index is 447. The highest BCUT2D eigenvalue weighted by Gasteiger charge is 2.08. The lowest BCUT2D eigenvalue weighted by molar-refractivity contribution is -0.150. The Morgan fingerprint density at radius 1 is 1.11 bits per heavy atom. The molecule has 0 saturated heterocycles. The second kappa shape index (κ2) is 7.70. The van der Waals surface area contributed by atoms with Crippen molar-refractivity contribution in [1.29, 1.82) is 0 Å². The number of hydrogen-bond acceptors (Lipinski definition) is 5. The van der Waals surface area contributed by atoms with Crippen LogP contribution in [0.1, 0.15) is 0 Å². The van der Waals surface area contributed by atoms with Gasteiger partial charge >= 0.3 is 5.97 Å². The summed E-state index contributed by atoms with van der Waals surface area (Å²) in [5, 5.41) is 2.18. The lowest BCUT2D eigenvalue weighted by Gasteiger charge is -2.06. The molecule has 19 heavy (non-hydrogen) atoms. The average Bonchev–Trinajstić information content (AvgIpc) is 2.41. The minimum atomic E-state index is -0.682. The van der Waals surface area contributed by atoms with Crippen LogP contribution < -0.4 is 15.8 Å². The zero-order chi connectivity index (χ0) is 14.1. The first kappa shape index (κ1) is 14.5. The number of carbonyl (C=O) groups excluding carboxylic acids is 3. The van der Waals surface area contributed by atoms with Crippen LogP contribution in [-0.4, -0.2) is 37.5 Å². The Morgan fingerprint density at radius 2 is 1.79 bits per heavy atom. The summed E-state index contributed by atoms with van der Waals surface area (Å²) in [6, 6.07) is 8.71. The van der Waals surface area contributed by atoms with Crippen LogP contribution in [0, 0.1) is 0 Å². The fourth-order valence-electron chi connectivity index (χ4n) is 1.08. The molecule has 3 N–H and O–H groups in total. The van der Waals surface area contributed by atoms with E-state index in [1.54, 1.807) is 24.3 Å². The lowest BCUT2D eigenvalue weighted by Crippen LogP contribution is -2.36. The van der Waals surface area contributed by atoms with Gasteiger partial charge in [0.15, 0.2) is 13.2 Å². The van der Waals surface area contributed by atoms with E-state index in [-0.39, 0.29) is 13.2 Å². The largest absolute Gasteiger partial charge is 0.482 e. The van der Waals surface area contributed by atoms with Crippen molar-refractivity contribution in [2.75, 3.05) is 19.8 Å². The number of ether oxygens (including phenoxy) is 2. The highest BCUT2D eigenvalue weighted by molar-refractivity contribution is 5.85. The minimum absolute atomic E-state index is 0.295. The Morgan fingerprint density at radius 3 is 2.42 bits per heavy atom. The van der Waals surface area contributed by atoms with E-state index in [2.05, 4.69) is 10.1 Å². The molecule has 0 atom stereocenters. The van der Waals surface area contributed by atoms with Gasteiger partial charge in [-0.25, -0.2) is 4.79 Å². The molecule has 2 amide bonds. The van der Waals surface area contributed by atoms with Crippen LogP contribution in [0.2, 0.25) is 0 Å². The lowest BCUT2D eigenvalue weighted by atomic mass is 10.3. The first-order valence-electron chi connectivity index (χ1n) is 5.46. The number of para-hydroxylation sites is 1. The fraction of sp³-hybridized carbons (Fsp3) is 0.250. The number of nitrogens with two attached hydrogens (primary N) is 1. The van der Waals surface area contributed by atoms with Gasteiger partial charge in [0.1, 0.15) is 5.75 Å². The molecule has 0 aliphatic carbocycles. The smallest absolute Gasteiger partial charge is 0.344 e. The zero-order valence-corrected chi connectivity index (χ0v) is 10.1. The number of primary amides is 1. The molecule has 0 bridgehead atoms. The van der Waals surface area contributed by atoms with Crippen LogP contribution >= 0.6 is 0 Å². The molecular formula is C12H14N2O5. The van der Waals surface area contributed by atoms with Crippen molar-refractivity contribution in [2.45, 2.75) is 0 Å². The molecule has 1 rings (SSSR count). The topological polar surface area (TPSA) is 108 Å². The molecule has 0 spiro atoms. The number of esters is 1. The molecule has 102 valence electrons. The summed E-state index contributed by atoms with van der Waals surface area (Å²) >= 11 is 0. The molecular weight excluding hydrogens is 252 g/mol. The summed E-state index contributed by atoms with van der Waals surface area (Å²) in [5.74, 6) is -1.44. The molecule has 0 fully saturated rings. The number of amides is 2. The maximum absolute atomic E-state index is 11.2. The standard InChI is InChI=1S/C12H14N2O5/c13-10(15)6-14-11(16)7-19-12(17)8-18-9-4-2-1-3-5-9/h1-5H,6-8H2,(H2,13,15)(H,14,16). The van der Waals surface area contributed by atoms with Gasteiger partial charge in [-0.05, 0) is 12.1 Å². The van der Waals surface area contributed by atoms with Crippen molar-refractivity contribution in [3.8, 4) is 5.75 Å². The third kappa shape index (κ3) is 6.67. The first-order valence-corrected chi connectivity index (χ1v) is 5.46. The summed E-state index contributed by atoms with van der Waals surface area (Å²) in [6.45, 7) is -1.08. The molecule has 7 nitrogen and oxygen atoms in total. The van der Waals surface area contributed by atoms with E-state index in [4.69, 9.17) is 10.5 Å². The van der Waals surface area contributed by atoms with Crippen molar-refractivity contribution in [3.63, 3.8) is 0 Å². The second-order valence-corrected chi connectivity index (χ2v) is 3.51. The van der Waals surface area contributed by atoms with Crippen LogP contribution in [0.5, 0.6) is 5.75 Å². The third-order valence-electron chi connectivity index (χ3n) is 1.92. The Kier molecular flexibility index (Phi) is 5.87. The Labute approximate surface area is 109 Å². The third-order valence-corrected chi connectivity index (χ3v) is 1.92. The number of hydrogen-bond donors (Lipinski definition) is 2. The van der Waals surface area contributed by atoms with Gasteiger partial charge in [0.05, 0.1) is 6.54 Å². The summed E-state index contributed by atoms with van der Waals surface area (Å²) in [7, 11) is 0. The van der Waals surface area contributed by atoms with Crippen molar-refractivity contribution in [2.24, 2.45) is 5.73 Å². The molecule has 0 saturated carbocycles. The van der Waals surface area contributed by atoms with Gasteiger partial charge in [-0.15, -0.1) is 0 Å². The summed E-state index contributed by atoms with van der Waals surface area (Å²) in [5.41, 5.74) is 4.83. The monoisotopic (exact) mass is 266 g/mol. The first-order chi connectivity index (χ1) is 9.08. The fourth-order valence-corrected chi connectivity index (χ4v) is 1.08. The summed E-state index contributed by atoms with van der Waals surface area (Å²) in [6.07, 6.45) is 0. The number of carbonyl (C=O) groups is 3. The molecule has 0 aliphatic rings.